The third kappa shape index (κ3) is 3.82. The number of hydrogen-bond donors (Lipinski definition) is 2. The van der Waals surface area contributed by atoms with Crippen molar-refractivity contribution in [2.45, 2.75) is 0 Å². The monoisotopic (exact) mass is 365 g/mol. The van der Waals surface area contributed by atoms with Gasteiger partial charge in [0.2, 0.25) is 0 Å². The molecular weight excluding hydrogens is 349 g/mol. The number of nitrogens with zero attached hydrogens (tertiary/aromatic N) is 1. The minimum atomic E-state index is -0.491. The van der Waals surface area contributed by atoms with Crippen LogP contribution < -0.4 is 20.1 Å². The van der Waals surface area contributed by atoms with Crippen molar-refractivity contribution in [3.63, 3.8) is 0 Å². The summed E-state index contributed by atoms with van der Waals surface area (Å²) in [7, 11) is 0. The van der Waals surface area contributed by atoms with Crippen LogP contribution >= 0.6 is 0 Å². The van der Waals surface area contributed by atoms with Crippen LogP contribution in [0.3, 0.4) is 0 Å². The first kappa shape index (κ1) is 16.8. The molecule has 6 nitrogen and oxygen atoms in total. The number of benzene rings is 2. The summed E-state index contributed by atoms with van der Waals surface area (Å²) in [4.78, 5) is 16.6. The Balaban J connectivity index is 1.51. The molecule has 0 bridgehead atoms. The Hall–Kier alpha value is -3.61. The van der Waals surface area contributed by atoms with Gasteiger partial charge in [0.25, 0.3) is 5.91 Å². The highest BCUT2D eigenvalue weighted by Gasteiger charge is 2.13. The SMILES string of the molecule is O=C(Nc1ccccc1F)c1ccnc(Nc2ccc3c(c2)OCCO3)c1. The summed E-state index contributed by atoms with van der Waals surface area (Å²) >= 11 is 0. The second kappa shape index (κ2) is 7.33. The fourth-order valence-corrected chi connectivity index (χ4v) is 2.67. The second-order valence-corrected chi connectivity index (χ2v) is 5.85. The van der Waals surface area contributed by atoms with Crippen molar-refractivity contribution in [2.24, 2.45) is 0 Å². The number of para-hydroxylation sites is 1. The maximum Gasteiger partial charge on any atom is 0.255 e. The van der Waals surface area contributed by atoms with E-state index in [1.807, 2.05) is 18.2 Å². The molecule has 4 rings (SSSR count). The average molecular weight is 365 g/mol. The molecule has 2 aromatic carbocycles. The van der Waals surface area contributed by atoms with Crippen molar-refractivity contribution >= 4 is 23.1 Å². The van der Waals surface area contributed by atoms with Gasteiger partial charge in [-0.1, -0.05) is 12.1 Å². The number of pyridine rings is 1. The van der Waals surface area contributed by atoms with Gasteiger partial charge in [0.15, 0.2) is 11.5 Å². The molecule has 7 heteroatoms. The van der Waals surface area contributed by atoms with E-state index in [-0.39, 0.29) is 5.69 Å². The number of fused-ring (bicyclic) bond motifs is 1. The number of aromatic nitrogens is 1. The minimum absolute atomic E-state index is 0.126. The molecule has 1 amide bonds. The number of amides is 1. The molecule has 2 heterocycles. The molecular formula is C20H16FN3O3. The maximum absolute atomic E-state index is 13.7. The Morgan fingerprint density at radius 1 is 1.00 bits per heavy atom. The minimum Gasteiger partial charge on any atom is -0.486 e. The summed E-state index contributed by atoms with van der Waals surface area (Å²) in [5, 5.41) is 5.68. The number of anilines is 3. The lowest BCUT2D eigenvalue weighted by molar-refractivity contribution is 0.102. The fourth-order valence-electron chi connectivity index (χ4n) is 2.67. The smallest absolute Gasteiger partial charge is 0.255 e. The predicted molar refractivity (Wildman–Crippen MR) is 99.3 cm³/mol. The van der Waals surface area contributed by atoms with Gasteiger partial charge < -0.3 is 20.1 Å². The van der Waals surface area contributed by atoms with Crippen LogP contribution in [-0.2, 0) is 0 Å². The number of ether oxygens (including phenoxy) is 2. The van der Waals surface area contributed by atoms with E-state index >= 15 is 0 Å². The summed E-state index contributed by atoms with van der Waals surface area (Å²) < 4.78 is 24.8. The van der Waals surface area contributed by atoms with Crippen LogP contribution in [0.4, 0.5) is 21.6 Å². The molecule has 136 valence electrons. The van der Waals surface area contributed by atoms with E-state index in [9.17, 15) is 9.18 Å². The van der Waals surface area contributed by atoms with Gasteiger partial charge >= 0.3 is 0 Å². The van der Waals surface area contributed by atoms with Gasteiger partial charge in [-0.25, -0.2) is 9.37 Å². The zero-order chi connectivity index (χ0) is 18.6. The Bertz CT molecular complexity index is 994. The molecule has 0 spiro atoms. The molecule has 2 N–H and O–H groups in total. The molecule has 0 unspecified atom stereocenters. The highest BCUT2D eigenvalue weighted by Crippen LogP contribution is 2.33. The molecule has 0 fully saturated rings. The topological polar surface area (TPSA) is 72.5 Å². The van der Waals surface area contributed by atoms with E-state index in [4.69, 9.17) is 9.47 Å². The largest absolute Gasteiger partial charge is 0.486 e. The van der Waals surface area contributed by atoms with E-state index in [1.165, 1.54) is 18.3 Å². The lowest BCUT2D eigenvalue weighted by atomic mass is 10.2. The summed E-state index contributed by atoms with van der Waals surface area (Å²) in [6.45, 7) is 1.03. The van der Waals surface area contributed by atoms with Gasteiger partial charge in [-0.05, 0) is 36.4 Å². The molecule has 1 aromatic heterocycles. The van der Waals surface area contributed by atoms with Gasteiger partial charge in [0.1, 0.15) is 24.8 Å². The van der Waals surface area contributed by atoms with Crippen LogP contribution in [0.5, 0.6) is 11.5 Å². The van der Waals surface area contributed by atoms with Crippen molar-refractivity contribution in [2.75, 3.05) is 23.8 Å². The Labute approximate surface area is 155 Å². The Morgan fingerprint density at radius 2 is 1.81 bits per heavy atom. The molecule has 0 radical (unpaired) electrons. The van der Waals surface area contributed by atoms with Crippen molar-refractivity contribution in [3.8, 4) is 11.5 Å². The predicted octanol–water partition coefficient (Wildman–Crippen LogP) is 3.99. The van der Waals surface area contributed by atoms with Crippen LogP contribution in [0, 0.1) is 5.82 Å². The zero-order valence-electron chi connectivity index (χ0n) is 14.2. The first-order valence-electron chi connectivity index (χ1n) is 8.38. The van der Waals surface area contributed by atoms with Crippen LogP contribution in [0.25, 0.3) is 0 Å². The van der Waals surface area contributed by atoms with E-state index in [2.05, 4.69) is 15.6 Å². The number of rotatable bonds is 4. The molecule has 1 aliphatic heterocycles. The van der Waals surface area contributed by atoms with Gasteiger partial charge in [-0.3, -0.25) is 4.79 Å². The number of nitrogens with one attached hydrogen (secondary N) is 2. The zero-order valence-corrected chi connectivity index (χ0v) is 14.2. The number of hydrogen-bond acceptors (Lipinski definition) is 5. The fraction of sp³-hybridized carbons (Fsp3) is 0.100. The van der Waals surface area contributed by atoms with Crippen LogP contribution in [0.1, 0.15) is 10.4 Å². The lowest BCUT2D eigenvalue weighted by Gasteiger charge is -2.19. The first-order valence-corrected chi connectivity index (χ1v) is 8.38. The van der Waals surface area contributed by atoms with Crippen molar-refractivity contribution in [1.82, 2.24) is 4.98 Å². The molecule has 0 saturated heterocycles. The van der Waals surface area contributed by atoms with E-state index < -0.39 is 11.7 Å². The van der Waals surface area contributed by atoms with Crippen LogP contribution in [0.15, 0.2) is 60.8 Å². The Morgan fingerprint density at radius 3 is 2.67 bits per heavy atom. The van der Waals surface area contributed by atoms with Crippen molar-refractivity contribution < 1.29 is 18.7 Å². The average Bonchev–Trinajstić information content (AvgIpc) is 2.70. The van der Waals surface area contributed by atoms with Gasteiger partial charge in [0, 0.05) is 23.5 Å². The number of carbonyl (C=O) groups is 1. The van der Waals surface area contributed by atoms with Gasteiger partial charge in [0.05, 0.1) is 5.69 Å². The molecule has 0 atom stereocenters. The molecule has 3 aromatic rings. The number of halogens is 1. The van der Waals surface area contributed by atoms with Crippen molar-refractivity contribution in [3.05, 3.63) is 72.2 Å². The molecule has 1 aliphatic rings. The lowest BCUT2D eigenvalue weighted by Crippen LogP contribution is -2.15. The van der Waals surface area contributed by atoms with E-state index in [0.29, 0.717) is 36.1 Å². The van der Waals surface area contributed by atoms with Crippen molar-refractivity contribution in [1.29, 1.82) is 0 Å². The summed E-state index contributed by atoms with van der Waals surface area (Å²) in [6.07, 6.45) is 1.51. The van der Waals surface area contributed by atoms with Crippen LogP contribution in [0.2, 0.25) is 0 Å². The molecule has 27 heavy (non-hydrogen) atoms. The summed E-state index contributed by atoms with van der Waals surface area (Å²) in [6, 6.07) is 14.6. The third-order valence-corrected chi connectivity index (χ3v) is 3.96. The highest BCUT2D eigenvalue weighted by atomic mass is 19.1. The normalized spacial score (nSPS) is 12.3. The third-order valence-electron chi connectivity index (χ3n) is 3.96. The molecule has 0 saturated carbocycles. The van der Waals surface area contributed by atoms with E-state index in [1.54, 1.807) is 24.3 Å². The van der Waals surface area contributed by atoms with Gasteiger partial charge in [-0.2, -0.15) is 0 Å². The van der Waals surface area contributed by atoms with Gasteiger partial charge in [-0.15, -0.1) is 0 Å². The quantitative estimate of drug-likeness (QED) is 0.731. The van der Waals surface area contributed by atoms with Crippen LogP contribution in [-0.4, -0.2) is 24.1 Å². The number of carbonyl (C=O) groups excluding carboxylic acids is 1. The first-order chi connectivity index (χ1) is 13.2. The Kier molecular flexibility index (Phi) is 4.57. The standard InChI is InChI=1S/C20H16FN3O3/c21-15-3-1-2-4-16(15)24-20(25)13-7-8-22-19(11-13)23-14-5-6-17-18(12-14)27-10-9-26-17/h1-8,11-12H,9-10H2,(H,22,23)(H,24,25). The highest BCUT2D eigenvalue weighted by molar-refractivity contribution is 6.04. The summed E-state index contributed by atoms with van der Waals surface area (Å²) in [5.41, 5.74) is 1.23. The molecule has 0 aliphatic carbocycles. The second-order valence-electron chi connectivity index (χ2n) is 5.85. The maximum atomic E-state index is 13.7. The summed E-state index contributed by atoms with van der Waals surface area (Å²) in [5.74, 6) is 0.910. The van der Waals surface area contributed by atoms with E-state index in [0.717, 1.165) is 5.69 Å².